The van der Waals surface area contributed by atoms with E-state index in [9.17, 15) is 0 Å². The van der Waals surface area contributed by atoms with Gasteiger partial charge in [-0.15, -0.1) is 0 Å². The van der Waals surface area contributed by atoms with Gasteiger partial charge in [-0.2, -0.15) is 0 Å². The molecule has 1 aliphatic rings. The van der Waals surface area contributed by atoms with E-state index in [1.54, 1.807) is 0 Å². The predicted molar refractivity (Wildman–Crippen MR) is 138 cm³/mol. The largest absolute Gasteiger partial charge is 0.310 e. The molecule has 32 heavy (non-hydrogen) atoms. The Balaban J connectivity index is 1.66. The number of anilines is 3. The minimum Gasteiger partial charge on any atom is -0.310 e. The fourth-order valence-corrected chi connectivity index (χ4v) is 4.90. The van der Waals surface area contributed by atoms with Crippen LogP contribution in [0.4, 0.5) is 17.1 Å². The van der Waals surface area contributed by atoms with Crippen molar-refractivity contribution >= 4 is 23.1 Å². The van der Waals surface area contributed by atoms with Gasteiger partial charge in [-0.3, -0.25) is 0 Å². The van der Waals surface area contributed by atoms with Crippen molar-refractivity contribution < 1.29 is 0 Å². The number of benzene rings is 4. The molecule has 0 saturated heterocycles. The first-order valence-corrected chi connectivity index (χ1v) is 11.3. The highest BCUT2D eigenvalue weighted by molar-refractivity contribution is 5.85. The molecule has 0 aliphatic heterocycles. The average Bonchev–Trinajstić information content (AvgIpc) is 3.04. The quantitative estimate of drug-likeness (QED) is 0.322. The van der Waals surface area contributed by atoms with Crippen LogP contribution in [0.3, 0.4) is 0 Å². The van der Waals surface area contributed by atoms with Crippen LogP contribution in [0, 0.1) is 6.92 Å². The summed E-state index contributed by atoms with van der Waals surface area (Å²) in [5, 5.41) is 0. The first-order valence-electron chi connectivity index (χ1n) is 11.3. The lowest BCUT2D eigenvalue weighted by Crippen LogP contribution is -2.16. The summed E-state index contributed by atoms with van der Waals surface area (Å²) in [6.45, 7) is 8.86. The summed E-state index contributed by atoms with van der Waals surface area (Å²) in [7, 11) is 0. The molecule has 0 bridgehead atoms. The fraction of sp³-hybridized carbons (Fsp3) is 0.161. The zero-order valence-corrected chi connectivity index (χ0v) is 19.3. The van der Waals surface area contributed by atoms with Crippen LogP contribution in [0.25, 0.3) is 17.2 Å². The maximum absolute atomic E-state index is 2.38. The maximum atomic E-state index is 2.38. The van der Waals surface area contributed by atoms with E-state index in [1.165, 1.54) is 44.8 Å². The maximum Gasteiger partial charge on any atom is 0.0465 e. The monoisotopic (exact) mass is 415 g/mol. The zero-order valence-electron chi connectivity index (χ0n) is 19.3. The average molecular weight is 416 g/mol. The topological polar surface area (TPSA) is 3.24 Å². The molecular weight excluding hydrogens is 386 g/mol. The molecule has 0 unspecified atom stereocenters. The summed E-state index contributed by atoms with van der Waals surface area (Å²) >= 11 is 0. The standard InChI is InChI=1S/C31H29N/c1-5-8-23-13-17-25(18-14-23)32(24-15-11-22(2)12-16-24)26-19-20-28-27-9-6-7-10-29(27)31(3,4)30(28)21-26/h5-21H,1-4H3/b8-5-. The van der Waals surface area contributed by atoms with Crippen molar-refractivity contribution in [2.75, 3.05) is 4.90 Å². The van der Waals surface area contributed by atoms with E-state index in [-0.39, 0.29) is 5.41 Å². The van der Waals surface area contributed by atoms with Gasteiger partial charge in [0.15, 0.2) is 0 Å². The van der Waals surface area contributed by atoms with E-state index in [0.717, 1.165) is 5.69 Å². The number of nitrogens with zero attached hydrogens (tertiary/aromatic N) is 1. The minimum atomic E-state index is -0.0172. The first-order chi connectivity index (χ1) is 15.5. The van der Waals surface area contributed by atoms with Crippen molar-refractivity contribution in [3.8, 4) is 11.1 Å². The number of allylic oxidation sites excluding steroid dienone is 1. The van der Waals surface area contributed by atoms with Crippen LogP contribution in [0.2, 0.25) is 0 Å². The molecule has 1 heteroatoms. The lowest BCUT2D eigenvalue weighted by Gasteiger charge is -2.28. The van der Waals surface area contributed by atoms with E-state index in [1.807, 2.05) is 0 Å². The molecule has 158 valence electrons. The van der Waals surface area contributed by atoms with Crippen LogP contribution >= 0.6 is 0 Å². The zero-order chi connectivity index (χ0) is 22.3. The lowest BCUT2D eigenvalue weighted by atomic mass is 9.82. The van der Waals surface area contributed by atoms with Gasteiger partial charge in [0, 0.05) is 22.5 Å². The molecule has 1 nitrogen and oxygen atoms in total. The number of hydrogen-bond acceptors (Lipinski definition) is 1. The highest BCUT2D eigenvalue weighted by Crippen LogP contribution is 2.50. The number of hydrogen-bond donors (Lipinski definition) is 0. The molecule has 0 amide bonds. The lowest BCUT2D eigenvalue weighted by molar-refractivity contribution is 0.660. The number of fused-ring (bicyclic) bond motifs is 3. The second kappa shape index (κ2) is 7.84. The Labute approximate surface area is 191 Å². The molecule has 5 rings (SSSR count). The van der Waals surface area contributed by atoms with E-state index in [2.05, 4.69) is 136 Å². The van der Waals surface area contributed by atoms with Gasteiger partial charge in [-0.1, -0.05) is 86.2 Å². The minimum absolute atomic E-state index is 0.0172. The fourth-order valence-electron chi connectivity index (χ4n) is 4.90. The Kier molecular flexibility index (Phi) is 4.98. The van der Waals surface area contributed by atoms with Crippen LogP contribution < -0.4 is 4.90 Å². The summed E-state index contributed by atoms with van der Waals surface area (Å²) in [5.41, 5.74) is 11.5. The molecule has 1 aliphatic carbocycles. The third-order valence-electron chi connectivity index (χ3n) is 6.63. The van der Waals surface area contributed by atoms with Crippen LogP contribution in [-0.4, -0.2) is 0 Å². The highest BCUT2D eigenvalue weighted by atomic mass is 15.1. The van der Waals surface area contributed by atoms with Gasteiger partial charge < -0.3 is 4.90 Å². The van der Waals surface area contributed by atoms with Gasteiger partial charge in [0.05, 0.1) is 0 Å². The number of rotatable bonds is 4. The van der Waals surface area contributed by atoms with Crippen molar-refractivity contribution in [1.29, 1.82) is 0 Å². The molecule has 0 spiro atoms. The molecule has 0 heterocycles. The van der Waals surface area contributed by atoms with Gasteiger partial charge in [-0.25, -0.2) is 0 Å². The molecule has 0 fully saturated rings. The molecular formula is C31H29N. The Hall–Kier alpha value is -3.58. The summed E-state index contributed by atoms with van der Waals surface area (Å²) in [5.74, 6) is 0. The summed E-state index contributed by atoms with van der Waals surface area (Å²) < 4.78 is 0. The van der Waals surface area contributed by atoms with Gasteiger partial charge in [0.2, 0.25) is 0 Å². The summed E-state index contributed by atoms with van der Waals surface area (Å²) in [6, 6.07) is 33.3. The Morgan fingerprint density at radius 3 is 1.94 bits per heavy atom. The van der Waals surface area contributed by atoms with Crippen LogP contribution in [-0.2, 0) is 5.41 Å². The van der Waals surface area contributed by atoms with Crippen LogP contribution in [0.15, 0.2) is 97.1 Å². The van der Waals surface area contributed by atoms with Gasteiger partial charge >= 0.3 is 0 Å². The van der Waals surface area contributed by atoms with E-state index >= 15 is 0 Å². The first kappa shape index (κ1) is 20.3. The molecule has 0 aromatic heterocycles. The van der Waals surface area contributed by atoms with Crippen molar-refractivity contribution in [1.82, 2.24) is 0 Å². The van der Waals surface area contributed by atoms with Gasteiger partial charge in [0.25, 0.3) is 0 Å². The van der Waals surface area contributed by atoms with E-state index in [0.29, 0.717) is 0 Å². The van der Waals surface area contributed by atoms with Crippen molar-refractivity contribution in [2.24, 2.45) is 0 Å². The smallest absolute Gasteiger partial charge is 0.0465 e. The summed E-state index contributed by atoms with van der Waals surface area (Å²) in [6.07, 6.45) is 4.21. The van der Waals surface area contributed by atoms with Crippen molar-refractivity contribution in [3.05, 3.63) is 119 Å². The van der Waals surface area contributed by atoms with E-state index < -0.39 is 0 Å². The second-order valence-corrected chi connectivity index (χ2v) is 9.16. The summed E-state index contributed by atoms with van der Waals surface area (Å²) in [4.78, 5) is 2.36. The van der Waals surface area contributed by atoms with Crippen molar-refractivity contribution in [2.45, 2.75) is 33.1 Å². The molecule has 0 atom stereocenters. The molecule has 0 N–H and O–H groups in total. The Morgan fingerprint density at radius 1 is 0.656 bits per heavy atom. The molecule has 0 radical (unpaired) electrons. The van der Waals surface area contributed by atoms with E-state index in [4.69, 9.17) is 0 Å². The molecule has 4 aromatic carbocycles. The van der Waals surface area contributed by atoms with Crippen LogP contribution in [0.1, 0.15) is 43.0 Å². The third kappa shape index (κ3) is 3.35. The van der Waals surface area contributed by atoms with Crippen molar-refractivity contribution in [3.63, 3.8) is 0 Å². The normalized spacial score (nSPS) is 13.8. The Morgan fingerprint density at radius 2 is 1.25 bits per heavy atom. The van der Waals surface area contributed by atoms with Crippen LogP contribution in [0.5, 0.6) is 0 Å². The SMILES string of the molecule is C/C=C\c1ccc(N(c2ccc(C)cc2)c2ccc3c(c2)C(C)(C)c2ccccc2-3)cc1. The second-order valence-electron chi connectivity index (χ2n) is 9.16. The highest BCUT2D eigenvalue weighted by Gasteiger charge is 2.35. The predicted octanol–water partition coefficient (Wildman–Crippen LogP) is 8.80. The number of aryl methyl sites for hydroxylation is 1. The third-order valence-corrected chi connectivity index (χ3v) is 6.63. The molecule has 4 aromatic rings. The van der Waals surface area contributed by atoms with Gasteiger partial charge in [-0.05, 0) is 78.1 Å². The molecule has 0 saturated carbocycles. The Bertz CT molecular complexity index is 1290. The van der Waals surface area contributed by atoms with Gasteiger partial charge in [0.1, 0.15) is 0 Å².